The molecule has 1 aliphatic rings. The minimum atomic E-state index is 0. The van der Waals surface area contributed by atoms with Gasteiger partial charge < -0.3 is 10.1 Å². The maximum Gasteiger partial charge on any atom is 0.232 e. The van der Waals surface area contributed by atoms with Crippen molar-refractivity contribution in [1.82, 2.24) is 9.97 Å². The van der Waals surface area contributed by atoms with Gasteiger partial charge in [0.25, 0.3) is 0 Å². The smallest absolute Gasteiger partial charge is 0.232 e. The Balaban J connectivity index is 0.000000720. The van der Waals surface area contributed by atoms with Gasteiger partial charge >= 0.3 is 0 Å². The standard InChI is InChI=1S/C7H8N3O.Ta/c1-11-7-4-9-5-2-8-3-6(5)10-7;/h4H,2-3H2,1H3;/q-1;. The number of methoxy groups -OCH3 is 1. The monoisotopic (exact) mass is 331 g/mol. The molecule has 0 aliphatic carbocycles. The van der Waals surface area contributed by atoms with Crippen LogP contribution in [0.4, 0.5) is 0 Å². The summed E-state index contributed by atoms with van der Waals surface area (Å²) in [6.07, 6.45) is 1.62. The molecule has 0 saturated heterocycles. The summed E-state index contributed by atoms with van der Waals surface area (Å²) in [5, 5.41) is 4.15. The van der Waals surface area contributed by atoms with Crippen molar-refractivity contribution >= 4 is 0 Å². The predicted octanol–water partition coefficient (Wildman–Crippen LogP) is 0.870. The van der Waals surface area contributed by atoms with E-state index in [1.807, 2.05) is 0 Å². The third kappa shape index (κ3) is 1.67. The van der Waals surface area contributed by atoms with Gasteiger partial charge in [-0.3, -0.25) is 4.98 Å². The average molecular weight is 331 g/mol. The van der Waals surface area contributed by atoms with Gasteiger partial charge in [0.2, 0.25) is 5.88 Å². The van der Waals surface area contributed by atoms with Crippen molar-refractivity contribution in [3.63, 3.8) is 0 Å². The van der Waals surface area contributed by atoms with Crippen LogP contribution >= 0.6 is 0 Å². The summed E-state index contributed by atoms with van der Waals surface area (Å²) in [7, 11) is 1.59. The van der Waals surface area contributed by atoms with Crippen molar-refractivity contribution in [3.05, 3.63) is 22.9 Å². The molecule has 2 heterocycles. The van der Waals surface area contributed by atoms with Gasteiger partial charge in [-0.25, -0.2) is 4.98 Å². The Hall–Kier alpha value is -0.420. The zero-order valence-corrected chi connectivity index (χ0v) is 9.90. The molecule has 0 N–H and O–H groups in total. The number of nitrogens with zero attached hydrogens (tertiary/aromatic N) is 3. The second-order valence-corrected chi connectivity index (χ2v) is 2.35. The fourth-order valence-electron chi connectivity index (χ4n) is 1.06. The van der Waals surface area contributed by atoms with Crippen molar-refractivity contribution < 1.29 is 27.1 Å². The molecule has 0 fully saturated rings. The van der Waals surface area contributed by atoms with E-state index in [0.717, 1.165) is 11.4 Å². The maximum atomic E-state index is 4.92. The summed E-state index contributed by atoms with van der Waals surface area (Å²) >= 11 is 0. The molecule has 0 spiro atoms. The van der Waals surface area contributed by atoms with Crippen LogP contribution in [0.25, 0.3) is 5.32 Å². The van der Waals surface area contributed by atoms with E-state index < -0.39 is 0 Å². The van der Waals surface area contributed by atoms with Crippen LogP contribution in [-0.4, -0.2) is 17.1 Å². The Labute approximate surface area is 86.3 Å². The Morgan fingerprint density at radius 3 is 2.92 bits per heavy atom. The molecule has 0 saturated carbocycles. The van der Waals surface area contributed by atoms with Crippen molar-refractivity contribution in [3.8, 4) is 5.88 Å². The molecule has 0 bridgehead atoms. The second-order valence-electron chi connectivity index (χ2n) is 2.35. The fourth-order valence-corrected chi connectivity index (χ4v) is 1.06. The van der Waals surface area contributed by atoms with Crippen LogP contribution in [0.3, 0.4) is 0 Å². The molecule has 0 amide bonds. The molecule has 0 atom stereocenters. The van der Waals surface area contributed by atoms with Crippen LogP contribution in [0.1, 0.15) is 11.4 Å². The topological polar surface area (TPSA) is 49.1 Å². The van der Waals surface area contributed by atoms with E-state index >= 15 is 0 Å². The molecular formula is C7H8N3OTa-. The SMILES string of the molecule is COc1cnc2c(n1)C[N-]C2.[Ta]. The van der Waals surface area contributed by atoms with Crippen LogP contribution in [0.5, 0.6) is 5.88 Å². The summed E-state index contributed by atoms with van der Waals surface area (Å²) in [5.74, 6) is 0.570. The molecule has 1 aliphatic heterocycles. The summed E-state index contributed by atoms with van der Waals surface area (Å²) in [6, 6.07) is 0. The van der Waals surface area contributed by atoms with Crippen LogP contribution in [-0.2, 0) is 35.5 Å². The Kier molecular flexibility index (Phi) is 3.22. The minimum absolute atomic E-state index is 0. The molecule has 1 radical (unpaired) electrons. The molecule has 1 aromatic heterocycles. The normalized spacial score (nSPS) is 13.4. The number of ether oxygens (including phenoxy) is 1. The van der Waals surface area contributed by atoms with Gasteiger partial charge in [-0.1, -0.05) is 0 Å². The number of fused-ring (bicyclic) bond motifs is 1. The number of rotatable bonds is 1. The first kappa shape index (κ1) is 9.67. The van der Waals surface area contributed by atoms with E-state index in [1.165, 1.54) is 0 Å². The quantitative estimate of drug-likeness (QED) is 0.767. The molecular weight excluding hydrogens is 323 g/mol. The van der Waals surface area contributed by atoms with Crippen LogP contribution in [0.15, 0.2) is 6.20 Å². The van der Waals surface area contributed by atoms with E-state index in [4.69, 9.17) is 4.74 Å². The number of hydrogen-bond acceptors (Lipinski definition) is 3. The van der Waals surface area contributed by atoms with Crippen molar-refractivity contribution in [2.75, 3.05) is 7.11 Å². The maximum absolute atomic E-state index is 4.92. The van der Waals surface area contributed by atoms with Gasteiger partial charge in [-0.05, 0) is 0 Å². The zero-order valence-electron chi connectivity index (χ0n) is 6.69. The van der Waals surface area contributed by atoms with Crippen molar-refractivity contribution in [1.29, 1.82) is 0 Å². The molecule has 2 rings (SSSR count). The molecule has 0 aromatic carbocycles. The minimum Gasteiger partial charge on any atom is -0.652 e. The van der Waals surface area contributed by atoms with Crippen LogP contribution in [0.2, 0.25) is 0 Å². The molecule has 0 unspecified atom stereocenters. The fraction of sp³-hybridized carbons (Fsp3) is 0.429. The summed E-state index contributed by atoms with van der Waals surface area (Å²) in [6.45, 7) is 1.38. The summed E-state index contributed by atoms with van der Waals surface area (Å²) in [4.78, 5) is 8.34. The summed E-state index contributed by atoms with van der Waals surface area (Å²) < 4.78 is 4.92. The first-order chi connectivity index (χ1) is 5.40. The van der Waals surface area contributed by atoms with Gasteiger partial charge in [0.1, 0.15) is 0 Å². The zero-order chi connectivity index (χ0) is 7.68. The molecule has 1 aromatic rings. The summed E-state index contributed by atoms with van der Waals surface area (Å²) in [5.41, 5.74) is 1.93. The van der Waals surface area contributed by atoms with Crippen molar-refractivity contribution in [2.45, 2.75) is 13.1 Å². The van der Waals surface area contributed by atoms with E-state index in [-0.39, 0.29) is 22.4 Å². The van der Waals surface area contributed by atoms with E-state index in [0.29, 0.717) is 19.0 Å². The van der Waals surface area contributed by atoms with Gasteiger partial charge in [0, 0.05) is 33.8 Å². The van der Waals surface area contributed by atoms with E-state index in [9.17, 15) is 0 Å². The number of hydrogen-bond donors (Lipinski definition) is 0. The van der Waals surface area contributed by atoms with E-state index in [1.54, 1.807) is 13.3 Å². The van der Waals surface area contributed by atoms with Gasteiger partial charge in [0.15, 0.2) is 0 Å². The largest absolute Gasteiger partial charge is 0.652 e. The van der Waals surface area contributed by atoms with Crippen molar-refractivity contribution in [2.24, 2.45) is 0 Å². The van der Waals surface area contributed by atoms with Crippen LogP contribution < -0.4 is 4.74 Å². The first-order valence-corrected chi connectivity index (χ1v) is 3.42. The Morgan fingerprint density at radius 1 is 1.42 bits per heavy atom. The molecule has 4 nitrogen and oxygen atoms in total. The van der Waals surface area contributed by atoms with E-state index in [2.05, 4.69) is 15.3 Å². The second kappa shape index (κ2) is 4.00. The Bertz CT molecular complexity index is 279. The third-order valence-electron chi connectivity index (χ3n) is 1.64. The first-order valence-electron chi connectivity index (χ1n) is 3.42. The molecule has 5 heteroatoms. The average Bonchev–Trinajstić information content (AvgIpc) is 2.50. The Morgan fingerprint density at radius 2 is 2.17 bits per heavy atom. The predicted molar refractivity (Wildman–Crippen MR) is 39.4 cm³/mol. The number of aromatic nitrogens is 2. The van der Waals surface area contributed by atoms with Gasteiger partial charge in [-0.2, -0.15) is 0 Å². The molecule has 63 valence electrons. The van der Waals surface area contributed by atoms with Gasteiger partial charge in [-0.15, -0.1) is 13.1 Å². The molecule has 12 heavy (non-hydrogen) atoms. The third-order valence-corrected chi connectivity index (χ3v) is 1.64. The van der Waals surface area contributed by atoms with Crippen LogP contribution in [0, 0.1) is 0 Å². The van der Waals surface area contributed by atoms with Gasteiger partial charge in [0.05, 0.1) is 13.3 Å².